The number of amides is 2. The van der Waals surface area contributed by atoms with Crippen molar-refractivity contribution in [2.75, 3.05) is 18.5 Å². The van der Waals surface area contributed by atoms with Crippen molar-refractivity contribution in [1.82, 2.24) is 10.0 Å². The Kier molecular flexibility index (Phi) is 4.29. The van der Waals surface area contributed by atoms with Crippen LogP contribution in [0.2, 0.25) is 0 Å². The molecule has 0 bridgehead atoms. The molecule has 1 aromatic rings. The van der Waals surface area contributed by atoms with Gasteiger partial charge in [-0.05, 0) is 12.1 Å². The van der Waals surface area contributed by atoms with Crippen LogP contribution in [0.25, 0.3) is 0 Å². The summed E-state index contributed by atoms with van der Waals surface area (Å²) >= 11 is 0. The SMILES string of the molecule is CN(CCC(=O)ON1C(=O)CCC1=O)c1ccncc1. The fourth-order valence-electron chi connectivity index (χ4n) is 1.79. The number of pyridine rings is 1. The number of hydrogen-bond acceptors (Lipinski definition) is 6. The second-order valence-corrected chi connectivity index (χ2v) is 4.42. The molecule has 2 amide bonds. The van der Waals surface area contributed by atoms with Gasteiger partial charge >= 0.3 is 5.97 Å². The standard InChI is InChI=1S/C13H15N3O4/c1-15(10-4-7-14-8-5-10)9-6-13(19)20-16-11(17)2-3-12(16)18/h4-5,7-8H,2-3,6,9H2,1H3. The fraction of sp³-hybridized carbons (Fsp3) is 0.385. The molecule has 0 unspecified atom stereocenters. The Morgan fingerprint density at radius 2 is 1.90 bits per heavy atom. The third-order valence-corrected chi connectivity index (χ3v) is 2.95. The van der Waals surface area contributed by atoms with Crippen molar-refractivity contribution in [3.05, 3.63) is 24.5 Å². The van der Waals surface area contributed by atoms with Crippen molar-refractivity contribution in [3.8, 4) is 0 Å². The van der Waals surface area contributed by atoms with E-state index in [1.807, 2.05) is 24.1 Å². The van der Waals surface area contributed by atoms with Crippen molar-refractivity contribution >= 4 is 23.5 Å². The zero-order chi connectivity index (χ0) is 14.5. The summed E-state index contributed by atoms with van der Waals surface area (Å²) in [7, 11) is 1.83. The molecule has 1 aliphatic rings. The van der Waals surface area contributed by atoms with Crippen LogP contribution in [-0.2, 0) is 19.2 Å². The van der Waals surface area contributed by atoms with Gasteiger partial charge in [-0.1, -0.05) is 0 Å². The van der Waals surface area contributed by atoms with Gasteiger partial charge in [0.2, 0.25) is 0 Å². The van der Waals surface area contributed by atoms with Crippen molar-refractivity contribution in [2.24, 2.45) is 0 Å². The van der Waals surface area contributed by atoms with E-state index in [0.717, 1.165) is 5.69 Å². The Morgan fingerprint density at radius 1 is 1.30 bits per heavy atom. The van der Waals surface area contributed by atoms with E-state index in [1.54, 1.807) is 12.4 Å². The largest absolute Gasteiger partial charge is 0.374 e. The van der Waals surface area contributed by atoms with E-state index in [-0.39, 0.29) is 19.3 Å². The van der Waals surface area contributed by atoms with Gasteiger partial charge in [0.25, 0.3) is 11.8 Å². The Hall–Kier alpha value is -2.44. The third-order valence-electron chi connectivity index (χ3n) is 2.95. The van der Waals surface area contributed by atoms with Crippen molar-refractivity contribution < 1.29 is 19.2 Å². The molecule has 0 radical (unpaired) electrons. The predicted molar refractivity (Wildman–Crippen MR) is 69.3 cm³/mol. The highest BCUT2D eigenvalue weighted by molar-refractivity contribution is 6.01. The van der Waals surface area contributed by atoms with Crippen LogP contribution in [0.4, 0.5) is 5.69 Å². The summed E-state index contributed by atoms with van der Waals surface area (Å²) in [5.41, 5.74) is 0.918. The monoisotopic (exact) mass is 277 g/mol. The maximum atomic E-state index is 11.6. The van der Waals surface area contributed by atoms with E-state index in [9.17, 15) is 14.4 Å². The summed E-state index contributed by atoms with van der Waals surface area (Å²) in [5, 5.41) is 0.564. The van der Waals surface area contributed by atoms with Crippen molar-refractivity contribution in [1.29, 1.82) is 0 Å². The third kappa shape index (κ3) is 3.31. The van der Waals surface area contributed by atoms with E-state index < -0.39 is 17.8 Å². The molecular weight excluding hydrogens is 262 g/mol. The Bertz CT molecular complexity index is 502. The zero-order valence-electron chi connectivity index (χ0n) is 11.1. The van der Waals surface area contributed by atoms with Gasteiger partial charge in [-0.3, -0.25) is 14.6 Å². The Labute approximate surface area is 116 Å². The van der Waals surface area contributed by atoms with Gasteiger partial charge in [-0.2, -0.15) is 0 Å². The highest BCUT2D eigenvalue weighted by Crippen LogP contribution is 2.13. The lowest BCUT2D eigenvalue weighted by atomic mass is 10.3. The van der Waals surface area contributed by atoms with E-state index in [4.69, 9.17) is 4.84 Å². The second-order valence-electron chi connectivity index (χ2n) is 4.42. The summed E-state index contributed by atoms with van der Waals surface area (Å²) in [5.74, 6) is -1.54. The van der Waals surface area contributed by atoms with E-state index in [0.29, 0.717) is 11.6 Å². The van der Waals surface area contributed by atoms with Crippen LogP contribution in [0.3, 0.4) is 0 Å². The van der Waals surface area contributed by atoms with Crippen LogP contribution in [-0.4, -0.2) is 41.4 Å². The maximum Gasteiger partial charge on any atom is 0.334 e. The zero-order valence-corrected chi connectivity index (χ0v) is 11.1. The average Bonchev–Trinajstić information content (AvgIpc) is 2.77. The summed E-state index contributed by atoms with van der Waals surface area (Å²) < 4.78 is 0. The molecule has 0 aromatic carbocycles. The summed E-state index contributed by atoms with van der Waals surface area (Å²) in [6.45, 7) is 0.416. The molecule has 1 aliphatic heterocycles. The molecule has 0 atom stereocenters. The lowest BCUT2D eigenvalue weighted by Gasteiger charge is -2.19. The maximum absolute atomic E-state index is 11.6. The number of hydrogen-bond donors (Lipinski definition) is 0. The molecule has 20 heavy (non-hydrogen) atoms. The number of aromatic nitrogens is 1. The van der Waals surface area contributed by atoms with Gasteiger partial charge < -0.3 is 9.74 Å². The molecule has 0 aliphatic carbocycles. The molecule has 0 spiro atoms. The molecule has 0 N–H and O–H groups in total. The number of imide groups is 1. The molecule has 106 valence electrons. The molecule has 2 heterocycles. The summed E-state index contributed by atoms with van der Waals surface area (Å²) in [4.78, 5) is 44.7. The van der Waals surface area contributed by atoms with Crippen molar-refractivity contribution in [2.45, 2.75) is 19.3 Å². The average molecular weight is 277 g/mol. The first-order valence-electron chi connectivity index (χ1n) is 6.25. The summed E-state index contributed by atoms with van der Waals surface area (Å²) in [6.07, 6.45) is 3.60. The quantitative estimate of drug-likeness (QED) is 0.730. The first-order valence-corrected chi connectivity index (χ1v) is 6.25. The second kappa shape index (κ2) is 6.14. The topological polar surface area (TPSA) is 79.8 Å². The molecule has 0 saturated carbocycles. The number of carbonyl (C=O) groups excluding carboxylic acids is 3. The normalized spacial score (nSPS) is 14.6. The van der Waals surface area contributed by atoms with Crippen LogP contribution in [0.15, 0.2) is 24.5 Å². The van der Waals surface area contributed by atoms with Crippen molar-refractivity contribution in [3.63, 3.8) is 0 Å². The van der Waals surface area contributed by atoms with E-state index in [2.05, 4.69) is 4.98 Å². The number of nitrogens with zero attached hydrogens (tertiary/aromatic N) is 3. The van der Waals surface area contributed by atoms with Crippen LogP contribution >= 0.6 is 0 Å². The lowest BCUT2D eigenvalue weighted by Crippen LogP contribution is -2.33. The molecule has 2 rings (SSSR count). The van der Waals surface area contributed by atoms with Gasteiger partial charge in [0.05, 0.1) is 6.42 Å². The van der Waals surface area contributed by atoms with Crippen LogP contribution in [0, 0.1) is 0 Å². The molecule has 7 heteroatoms. The number of rotatable bonds is 5. The Morgan fingerprint density at radius 3 is 2.50 bits per heavy atom. The predicted octanol–water partition coefficient (Wildman–Crippen LogP) is 0.515. The van der Waals surface area contributed by atoms with Crippen LogP contribution < -0.4 is 4.90 Å². The number of carbonyl (C=O) groups is 3. The minimum Gasteiger partial charge on any atom is -0.374 e. The first-order chi connectivity index (χ1) is 9.58. The Balaban J connectivity index is 1.81. The highest BCUT2D eigenvalue weighted by Gasteiger charge is 2.32. The van der Waals surface area contributed by atoms with E-state index in [1.165, 1.54) is 0 Å². The molecule has 7 nitrogen and oxygen atoms in total. The lowest BCUT2D eigenvalue weighted by molar-refractivity contribution is -0.197. The van der Waals surface area contributed by atoms with Crippen LogP contribution in [0.5, 0.6) is 0 Å². The highest BCUT2D eigenvalue weighted by atomic mass is 16.7. The molecule has 1 saturated heterocycles. The van der Waals surface area contributed by atoms with Gasteiger partial charge in [0, 0.05) is 44.5 Å². The molecular formula is C13H15N3O4. The smallest absolute Gasteiger partial charge is 0.334 e. The first kappa shape index (κ1) is 14.0. The number of hydroxylamine groups is 2. The van der Waals surface area contributed by atoms with E-state index >= 15 is 0 Å². The minimum atomic E-state index is -0.602. The molecule has 1 fully saturated rings. The van der Waals surface area contributed by atoms with Gasteiger partial charge in [0.15, 0.2) is 0 Å². The van der Waals surface area contributed by atoms with Gasteiger partial charge in [0.1, 0.15) is 0 Å². The summed E-state index contributed by atoms with van der Waals surface area (Å²) in [6, 6.07) is 3.64. The van der Waals surface area contributed by atoms with Crippen LogP contribution in [0.1, 0.15) is 19.3 Å². The minimum absolute atomic E-state index is 0.0792. The number of anilines is 1. The fourth-order valence-corrected chi connectivity index (χ4v) is 1.79. The molecule has 1 aromatic heterocycles. The van der Waals surface area contributed by atoms with Gasteiger partial charge in [-0.15, -0.1) is 5.06 Å². The van der Waals surface area contributed by atoms with Gasteiger partial charge in [-0.25, -0.2) is 4.79 Å².